The fourth-order valence-corrected chi connectivity index (χ4v) is 4.58. The fraction of sp³-hybridized carbons (Fsp3) is 0.500. The Balaban J connectivity index is 1.18. The quantitative estimate of drug-likeness (QED) is 0.704. The second-order valence-corrected chi connectivity index (χ2v) is 8.69. The molecule has 0 radical (unpaired) electrons. The van der Waals surface area contributed by atoms with Gasteiger partial charge >= 0.3 is 5.97 Å². The number of rotatable bonds is 7. The predicted octanol–water partition coefficient (Wildman–Crippen LogP) is 4.22. The number of carbonyl (C=O) groups is 1. The van der Waals surface area contributed by atoms with Crippen molar-refractivity contribution in [2.45, 2.75) is 32.1 Å². The van der Waals surface area contributed by atoms with E-state index in [1.54, 1.807) is 18.5 Å². The van der Waals surface area contributed by atoms with Gasteiger partial charge in [0.2, 0.25) is 5.95 Å². The van der Waals surface area contributed by atoms with Gasteiger partial charge in [-0.05, 0) is 55.1 Å². The first-order chi connectivity index (χ1) is 14.5. The van der Waals surface area contributed by atoms with Crippen LogP contribution in [-0.4, -0.2) is 40.7 Å². The fourth-order valence-electron chi connectivity index (χ4n) is 4.49. The number of hydrogen-bond donors (Lipinski definition) is 1. The van der Waals surface area contributed by atoms with E-state index in [0.717, 1.165) is 56.6 Å². The summed E-state index contributed by atoms with van der Waals surface area (Å²) in [6.07, 6.45) is 7.51. The zero-order valence-electron chi connectivity index (χ0n) is 16.6. The molecule has 1 aliphatic carbocycles. The molecule has 0 atom stereocenters. The van der Waals surface area contributed by atoms with Crippen molar-refractivity contribution >= 4 is 23.5 Å². The van der Waals surface area contributed by atoms with Gasteiger partial charge < -0.3 is 14.7 Å². The van der Waals surface area contributed by atoms with Gasteiger partial charge in [-0.2, -0.15) is 0 Å². The van der Waals surface area contributed by atoms with Crippen molar-refractivity contribution in [3.8, 4) is 5.75 Å². The van der Waals surface area contributed by atoms with Crippen LogP contribution in [0.2, 0.25) is 5.02 Å². The highest BCUT2D eigenvalue weighted by atomic mass is 35.5. The van der Waals surface area contributed by atoms with Crippen LogP contribution in [0.4, 0.5) is 10.3 Å². The Kier molecular flexibility index (Phi) is 6.37. The van der Waals surface area contributed by atoms with Gasteiger partial charge in [-0.15, -0.1) is 0 Å². The van der Waals surface area contributed by atoms with Crippen molar-refractivity contribution in [2.75, 3.05) is 24.6 Å². The number of piperidine rings is 1. The third-order valence-corrected chi connectivity index (χ3v) is 6.42. The topological polar surface area (TPSA) is 75.6 Å². The highest BCUT2D eigenvalue weighted by molar-refractivity contribution is 6.30. The summed E-state index contributed by atoms with van der Waals surface area (Å²) < 4.78 is 19.7. The summed E-state index contributed by atoms with van der Waals surface area (Å²) >= 11 is 5.86. The molecule has 0 unspecified atom stereocenters. The normalized spacial score (nSPS) is 21.9. The number of benzene rings is 1. The number of anilines is 1. The van der Waals surface area contributed by atoms with Crippen molar-refractivity contribution in [2.24, 2.45) is 17.8 Å². The number of ether oxygens (including phenoxy) is 1. The monoisotopic (exact) mass is 433 g/mol. The van der Waals surface area contributed by atoms with Crippen LogP contribution in [0.5, 0.6) is 5.75 Å². The molecule has 0 amide bonds. The zero-order valence-corrected chi connectivity index (χ0v) is 17.4. The van der Waals surface area contributed by atoms with Gasteiger partial charge in [0.15, 0.2) is 0 Å². The molecule has 2 aromatic rings. The Morgan fingerprint density at radius 2 is 1.90 bits per heavy atom. The number of nitrogens with zero attached hydrogens (tertiary/aromatic N) is 3. The van der Waals surface area contributed by atoms with Crippen LogP contribution in [0, 0.1) is 23.6 Å². The number of hydrogen-bond acceptors (Lipinski definition) is 5. The molecule has 1 N–H and O–H groups in total. The van der Waals surface area contributed by atoms with Gasteiger partial charge in [-0.1, -0.05) is 17.7 Å². The molecular formula is C22H25ClFN3O3. The summed E-state index contributed by atoms with van der Waals surface area (Å²) in [7, 11) is 0. The predicted molar refractivity (Wildman–Crippen MR) is 111 cm³/mol. The van der Waals surface area contributed by atoms with E-state index in [2.05, 4.69) is 14.9 Å². The summed E-state index contributed by atoms with van der Waals surface area (Å²) in [4.78, 5) is 21.6. The van der Waals surface area contributed by atoms with Gasteiger partial charge in [0.25, 0.3) is 0 Å². The lowest BCUT2D eigenvalue weighted by Crippen LogP contribution is -2.41. The second-order valence-electron chi connectivity index (χ2n) is 8.26. The van der Waals surface area contributed by atoms with E-state index in [0.29, 0.717) is 23.3 Å². The average molecular weight is 434 g/mol. The lowest BCUT2D eigenvalue weighted by atomic mass is 9.66. The summed E-state index contributed by atoms with van der Waals surface area (Å²) in [5, 5.41) is 9.33. The first kappa shape index (κ1) is 20.8. The molecule has 1 aromatic carbocycles. The zero-order chi connectivity index (χ0) is 21.1. The SMILES string of the molecule is O=C(O)Cc1ccc(OCC2CC(C3CCN(c4ncc(Cl)cn4)CC3)C2)cc1F. The molecule has 0 bridgehead atoms. The largest absolute Gasteiger partial charge is 0.493 e. The maximum Gasteiger partial charge on any atom is 0.307 e. The number of carboxylic acid groups (broad SMARTS) is 1. The van der Waals surface area contributed by atoms with Gasteiger partial charge in [0.05, 0.1) is 30.4 Å². The van der Waals surface area contributed by atoms with Crippen molar-refractivity contribution in [1.82, 2.24) is 9.97 Å². The molecule has 1 aliphatic heterocycles. The Bertz CT molecular complexity index is 882. The van der Waals surface area contributed by atoms with E-state index in [-0.39, 0.29) is 12.0 Å². The van der Waals surface area contributed by atoms with Gasteiger partial charge in [0, 0.05) is 19.2 Å². The van der Waals surface area contributed by atoms with Crippen molar-refractivity contribution in [1.29, 1.82) is 0 Å². The highest BCUT2D eigenvalue weighted by Crippen LogP contribution is 2.43. The smallest absolute Gasteiger partial charge is 0.307 e. The maximum atomic E-state index is 13.9. The van der Waals surface area contributed by atoms with E-state index in [9.17, 15) is 9.18 Å². The average Bonchev–Trinajstić information content (AvgIpc) is 2.69. The molecule has 8 heteroatoms. The van der Waals surface area contributed by atoms with Crippen LogP contribution in [-0.2, 0) is 11.2 Å². The van der Waals surface area contributed by atoms with E-state index < -0.39 is 11.8 Å². The summed E-state index contributed by atoms with van der Waals surface area (Å²) in [5.41, 5.74) is 0.175. The minimum Gasteiger partial charge on any atom is -0.493 e. The van der Waals surface area contributed by atoms with E-state index in [4.69, 9.17) is 21.4 Å². The molecule has 6 nitrogen and oxygen atoms in total. The van der Waals surface area contributed by atoms with Crippen LogP contribution in [0.15, 0.2) is 30.6 Å². The van der Waals surface area contributed by atoms with Crippen LogP contribution >= 0.6 is 11.6 Å². The Labute approximate surface area is 180 Å². The summed E-state index contributed by atoms with van der Waals surface area (Å²) in [6, 6.07) is 4.41. The first-order valence-electron chi connectivity index (χ1n) is 10.3. The van der Waals surface area contributed by atoms with E-state index >= 15 is 0 Å². The van der Waals surface area contributed by atoms with Crippen molar-refractivity contribution in [3.63, 3.8) is 0 Å². The second kappa shape index (κ2) is 9.16. The van der Waals surface area contributed by atoms with Crippen LogP contribution < -0.4 is 9.64 Å². The molecule has 2 fully saturated rings. The van der Waals surface area contributed by atoms with Crippen LogP contribution in [0.1, 0.15) is 31.2 Å². The molecule has 1 saturated carbocycles. The highest BCUT2D eigenvalue weighted by Gasteiger charge is 2.37. The standard InChI is InChI=1S/C22H25ClFN3O3/c23-18-11-25-22(26-12-18)27-5-3-15(4-6-27)17-7-14(8-17)13-30-19-2-1-16(9-21(28)29)20(24)10-19/h1-2,10-12,14-15,17H,3-9,13H2,(H,28,29). The third kappa shape index (κ3) is 5.01. The van der Waals surface area contributed by atoms with Crippen LogP contribution in [0.25, 0.3) is 0 Å². The lowest BCUT2D eigenvalue weighted by molar-refractivity contribution is -0.136. The minimum atomic E-state index is -1.05. The molecule has 30 heavy (non-hydrogen) atoms. The number of carboxylic acids is 1. The Morgan fingerprint density at radius 1 is 1.20 bits per heavy atom. The Hall–Kier alpha value is -2.41. The number of aromatic nitrogens is 2. The van der Waals surface area contributed by atoms with E-state index in [1.807, 2.05) is 0 Å². The summed E-state index contributed by atoms with van der Waals surface area (Å²) in [5.74, 6) is 1.57. The van der Waals surface area contributed by atoms with Gasteiger partial charge in [-0.25, -0.2) is 14.4 Å². The molecule has 160 valence electrons. The lowest BCUT2D eigenvalue weighted by Gasteiger charge is -2.43. The summed E-state index contributed by atoms with van der Waals surface area (Å²) in [6.45, 7) is 2.50. The molecule has 2 aliphatic rings. The molecule has 4 rings (SSSR count). The molecule has 2 heterocycles. The van der Waals surface area contributed by atoms with Crippen LogP contribution in [0.3, 0.4) is 0 Å². The van der Waals surface area contributed by atoms with Crippen molar-refractivity contribution in [3.05, 3.63) is 47.0 Å². The third-order valence-electron chi connectivity index (χ3n) is 6.22. The van der Waals surface area contributed by atoms with Gasteiger partial charge in [0.1, 0.15) is 11.6 Å². The molecule has 0 spiro atoms. The van der Waals surface area contributed by atoms with Gasteiger partial charge in [-0.3, -0.25) is 4.79 Å². The molecule has 1 aromatic heterocycles. The first-order valence-corrected chi connectivity index (χ1v) is 10.7. The Morgan fingerprint density at radius 3 is 2.53 bits per heavy atom. The van der Waals surface area contributed by atoms with E-state index in [1.165, 1.54) is 12.1 Å². The number of halogens is 2. The molecule has 1 saturated heterocycles. The molecular weight excluding hydrogens is 409 g/mol. The van der Waals surface area contributed by atoms with Crippen molar-refractivity contribution < 1.29 is 19.0 Å². The number of aliphatic carboxylic acids is 1. The minimum absolute atomic E-state index is 0.175. The maximum absolute atomic E-state index is 13.9.